The third kappa shape index (κ3) is 5.85. The zero-order chi connectivity index (χ0) is 14.9. The van der Waals surface area contributed by atoms with E-state index in [9.17, 15) is 10.2 Å². The van der Waals surface area contributed by atoms with Crippen molar-refractivity contribution < 1.29 is 14.9 Å². The van der Waals surface area contributed by atoms with Gasteiger partial charge in [-0.1, -0.05) is 30.3 Å². The molecule has 1 radical (unpaired) electrons. The van der Waals surface area contributed by atoms with Crippen LogP contribution in [0, 0.1) is 0 Å². The first kappa shape index (κ1) is 15.4. The molecule has 0 aliphatic rings. The third-order valence-corrected chi connectivity index (χ3v) is 3.08. The molecule has 0 aliphatic carbocycles. The minimum Gasteiger partial charge on any atom is -0.491 e. The second-order valence-corrected chi connectivity index (χ2v) is 4.88. The largest absolute Gasteiger partial charge is 0.491 e. The van der Waals surface area contributed by atoms with Gasteiger partial charge in [-0.2, -0.15) is 0 Å². The lowest BCUT2D eigenvalue weighted by Crippen LogP contribution is -2.32. The number of aliphatic hydroxyl groups is 1. The van der Waals surface area contributed by atoms with Crippen LogP contribution in [0.5, 0.6) is 11.5 Å². The molecule has 0 unspecified atom stereocenters. The van der Waals surface area contributed by atoms with Crippen molar-refractivity contribution in [3.05, 3.63) is 60.2 Å². The fourth-order valence-corrected chi connectivity index (χ4v) is 1.93. The first-order valence-corrected chi connectivity index (χ1v) is 7.06. The van der Waals surface area contributed by atoms with Gasteiger partial charge in [-0.25, -0.2) is 0 Å². The highest BCUT2D eigenvalue weighted by molar-refractivity contribution is 5.25. The third-order valence-electron chi connectivity index (χ3n) is 3.08. The highest BCUT2D eigenvalue weighted by atomic mass is 16.5. The molecular formula is C17H20NO3. The predicted octanol–water partition coefficient (Wildman–Crippen LogP) is 2.40. The minimum atomic E-state index is -0.547. The van der Waals surface area contributed by atoms with Gasteiger partial charge in [-0.3, -0.25) is 5.11 Å². The zero-order valence-electron chi connectivity index (χ0n) is 11.9. The summed E-state index contributed by atoms with van der Waals surface area (Å²) in [5, 5.41) is 24.0. The van der Waals surface area contributed by atoms with Crippen molar-refractivity contribution in [2.45, 2.75) is 12.5 Å². The van der Waals surface area contributed by atoms with Crippen LogP contribution in [0.4, 0.5) is 0 Å². The van der Waals surface area contributed by atoms with Gasteiger partial charge in [0.2, 0.25) is 0 Å². The SMILES string of the molecule is [O]c1ccc(CCNC[C@H](O)COc2ccccc2)cc1. The van der Waals surface area contributed by atoms with Crippen molar-refractivity contribution in [3.8, 4) is 11.5 Å². The molecule has 4 nitrogen and oxygen atoms in total. The van der Waals surface area contributed by atoms with Crippen molar-refractivity contribution in [1.82, 2.24) is 5.32 Å². The second kappa shape index (κ2) is 8.29. The van der Waals surface area contributed by atoms with Crippen LogP contribution < -0.4 is 10.1 Å². The normalized spacial score (nSPS) is 12.0. The average Bonchev–Trinajstić information content (AvgIpc) is 2.52. The van der Waals surface area contributed by atoms with Crippen LogP contribution in [0.15, 0.2) is 54.6 Å². The van der Waals surface area contributed by atoms with E-state index >= 15 is 0 Å². The monoisotopic (exact) mass is 286 g/mol. The van der Waals surface area contributed by atoms with E-state index in [2.05, 4.69) is 5.32 Å². The predicted molar refractivity (Wildman–Crippen MR) is 81.1 cm³/mol. The summed E-state index contributed by atoms with van der Waals surface area (Å²) in [4.78, 5) is 0. The molecule has 0 saturated carbocycles. The van der Waals surface area contributed by atoms with Crippen molar-refractivity contribution in [2.75, 3.05) is 19.7 Å². The lowest BCUT2D eigenvalue weighted by atomic mass is 10.1. The van der Waals surface area contributed by atoms with Gasteiger partial charge >= 0.3 is 0 Å². The molecule has 0 aliphatic heterocycles. The van der Waals surface area contributed by atoms with E-state index in [0.29, 0.717) is 6.54 Å². The lowest BCUT2D eigenvalue weighted by molar-refractivity contribution is 0.106. The maximum absolute atomic E-state index is 11.0. The summed E-state index contributed by atoms with van der Waals surface area (Å²) in [6.07, 6.45) is 0.279. The molecule has 2 rings (SSSR count). The molecule has 21 heavy (non-hydrogen) atoms. The maximum atomic E-state index is 11.0. The van der Waals surface area contributed by atoms with Crippen LogP contribution in [0.2, 0.25) is 0 Å². The molecule has 0 bridgehead atoms. The Labute approximate surface area is 125 Å². The smallest absolute Gasteiger partial charge is 0.178 e. The van der Waals surface area contributed by atoms with Crippen LogP contribution in [-0.4, -0.2) is 30.9 Å². The van der Waals surface area contributed by atoms with Crippen molar-refractivity contribution in [3.63, 3.8) is 0 Å². The summed E-state index contributed by atoms with van der Waals surface area (Å²) >= 11 is 0. The maximum Gasteiger partial charge on any atom is 0.178 e. The lowest BCUT2D eigenvalue weighted by Gasteiger charge is -2.13. The van der Waals surface area contributed by atoms with Gasteiger partial charge in [0.15, 0.2) is 5.75 Å². The summed E-state index contributed by atoms with van der Waals surface area (Å²) in [5.74, 6) is 0.787. The van der Waals surface area contributed by atoms with E-state index in [1.807, 2.05) is 42.5 Å². The fraction of sp³-hybridized carbons (Fsp3) is 0.294. The fourth-order valence-electron chi connectivity index (χ4n) is 1.93. The molecular weight excluding hydrogens is 266 g/mol. The van der Waals surface area contributed by atoms with E-state index in [0.717, 1.165) is 24.3 Å². The molecule has 4 heteroatoms. The molecule has 0 aromatic heterocycles. The van der Waals surface area contributed by atoms with Crippen LogP contribution in [0.3, 0.4) is 0 Å². The van der Waals surface area contributed by atoms with Crippen molar-refractivity contribution in [1.29, 1.82) is 0 Å². The Morgan fingerprint density at radius 1 is 1.05 bits per heavy atom. The van der Waals surface area contributed by atoms with Crippen LogP contribution >= 0.6 is 0 Å². The number of ether oxygens (including phenoxy) is 1. The molecule has 2 N–H and O–H groups in total. The number of benzene rings is 2. The Hall–Kier alpha value is -2.04. The molecule has 0 amide bonds. The Bertz CT molecular complexity index is 513. The summed E-state index contributed by atoms with van der Waals surface area (Å²) in [6.45, 7) is 1.50. The molecule has 0 heterocycles. The summed E-state index contributed by atoms with van der Waals surface area (Å²) in [6, 6.07) is 16.2. The van der Waals surface area contributed by atoms with Gasteiger partial charge in [0.1, 0.15) is 18.5 Å². The topological polar surface area (TPSA) is 61.4 Å². The number of rotatable bonds is 8. The number of hydrogen-bond acceptors (Lipinski definition) is 3. The number of nitrogens with one attached hydrogen (secondary N) is 1. The number of aliphatic hydroxyl groups excluding tert-OH is 1. The minimum absolute atomic E-state index is 0.0280. The molecule has 111 valence electrons. The summed E-state index contributed by atoms with van der Waals surface area (Å²) in [7, 11) is 0. The Kier molecular flexibility index (Phi) is 6.06. The first-order valence-electron chi connectivity index (χ1n) is 7.06. The average molecular weight is 286 g/mol. The van der Waals surface area contributed by atoms with E-state index < -0.39 is 6.10 Å². The van der Waals surface area contributed by atoms with E-state index in [1.165, 1.54) is 0 Å². The molecule has 0 fully saturated rings. The highest BCUT2D eigenvalue weighted by Crippen LogP contribution is 2.10. The highest BCUT2D eigenvalue weighted by Gasteiger charge is 2.04. The van der Waals surface area contributed by atoms with Crippen molar-refractivity contribution in [2.24, 2.45) is 0 Å². The molecule has 0 spiro atoms. The van der Waals surface area contributed by atoms with Gasteiger partial charge < -0.3 is 15.2 Å². The Morgan fingerprint density at radius 3 is 2.48 bits per heavy atom. The van der Waals surface area contributed by atoms with Crippen molar-refractivity contribution >= 4 is 0 Å². The van der Waals surface area contributed by atoms with Crippen LogP contribution in [0.25, 0.3) is 0 Å². The van der Waals surface area contributed by atoms with Gasteiger partial charge in [0.05, 0.1) is 0 Å². The van der Waals surface area contributed by atoms with Gasteiger partial charge in [-0.05, 0) is 42.8 Å². The van der Waals surface area contributed by atoms with Crippen LogP contribution in [-0.2, 0) is 11.5 Å². The van der Waals surface area contributed by atoms with E-state index in [4.69, 9.17) is 4.74 Å². The molecule has 1 atom stereocenters. The van der Waals surface area contributed by atoms with Crippen LogP contribution in [0.1, 0.15) is 5.56 Å². The first-order chi connectivity index (χ1) is 10.2. The van der Waals surface area contributed by atoms with Gasteiger partial charge in [0.25, 0.3) is 0 Å². The summed E-state index contributed by atoms with van der Waals surface area (Å²) < 4.78 is 5.47. The molecule has 0 saturated heterocycles. The van der Waals surface area contributed by atoms with Gasteiger partial charge in [-0.15, -0.1) is 0 Å². The second-order valence-electron chi connectivity index (χ2n) is 4.88. The molecule has 2 aromatic carbocycles. The summed E-state index contributed by atoms with van der Waals surface area (Å²) in [5.41, 5.74) is 1.11. The Morgan fingerprint density at radius 2 is 1.76 bits per heavy atom. The standard InChI is InChI=1S/C17H20NO3/c19-15-8-6-14(7-9-15)10-11-18-12-16(20)13-21-17-4-2-1-3-5-17/h1-9,16,18,20H,10-13H2/t16-/m0/s1. The van der Waals surface area contributed by atoms with Gasteiger partial charge in [0, 0.05) is 6.54 Å². The zero-order valence-corrected chi connectivity index (χ0v) is 11.9. The quantitative estimate of drug-likeness (QED) is 0.733. The number of para-hydroxylation sites is 1. The Balaban J connectivity index is 1.59. The van der Waals surface area contributed by atoms with E-state index in [-0.39, 0.29) is 12.4 Å². The molecule has 2 aromatic rings. The number of hydrogen-bond donors (Lipinski definition) is 2. The van der Waals surface area contributed by atoms with E-state index in [1.54, 1.807) is 12.1 Å².